The first kappa shape index (κ1) is 19.5. The van der Waals surface area contributed by atoms with Gasteiger partial charge in [0.15, 0.2) is 5.82 Å². The first-order chi connectivity index (χ1) is 14.8. The number of halogens is 1. The molecule has 0 bridgehead atoms. The Hall–Kier alpha value is -3.46. The molecule has 0 unspecified atom stereocenters. The highest BCUT2D eigenvalue weighted by Gasteiger charge is 2.20. The Kier molecular flexibility index (Phi) is 4.44. The van der Waals surface area contributed by atoms with Crippen molar-refractivity contribution in [3.05, 3.63) is 89.9 Å². The lowest BCUT2D eigenvalue weighted by molar-refractivity contribution is 0.595. The Labute approximate surface area is 181 Å². The minimum atomic E-state index is -0.386. The smallest absolute Gasteiger partial charge is 0.152 e. The zero-order valence-electron chi connectivity index (χ0n) is 18.2. The molecule has 0 radical (unpaired) electrons. The Bertz CT molecular complexity index is 1440. The molecule has 0 amide bonds. The molecule has 3 aromatic carbocycles. The van der Waals surface area contributed by atoms with E-state index in [0.29, 0.717) is 11.3 Å². The van der Waals surface area contributed by atoms with E-state index in [1.165, 1.54) is 17.1 Å². The molecule has 5 rings (SSSR count). The Morgan fingerprint density at radius 1 is 0.871 bits per heavy atom. The molecule has 0 saturated carbocycles. The second kappa shape index (κ2) is 7.05. The van der Waals surface area contributed by atoms with Crippen molar-refractivity contribution < 1.29 is 8.81 Å². The molecule has 31 heavy (non-hydrogen) atoms. The van der Waals surface area contributed by atoms with Gasteiger partial charge in [0.2, 0.25) is 0 Å². The van der Waals surface area contributed by atoms with Crippen molar-refractivity contribution in [2.24, 2.45) is 0 Å². The SMILES string of the molecule is Cc1c(-c2cc(-c3cc(C(C)(C)C)c4ccccc4c3)ncc2F)oc2ccccc12. The number of hydrogen-bond acceptors (Lipinski definition) is 2. The molecular weight excluding hydrogens is 385 g/mol. The predicted octanol–water partition coefficient (Wildman–Crippen LogP) is 8.06. The van der Waals surface area contributed by atoms with E-state index in [2.05, 4.69) is 56.1 Å². The standard InChI is InChI=1S/C28H24FNO/c1-17-20-10-7-8-12-26(20)31-27(17)22-15-25(30-16-24(22)29)19-13-18-9-5-6-11-21(18)23(14-19)28(2,3)4/h5-16H,1-4H3. The molecule has 3 heteroatoms. The van der Waals surface area contributed by atoms with E-state index in [4.69, 9.17) is 4.42 Å². The van der Waals surface area contributed by atoms with Gasteiger partial charge in [0.25, 0.3) is 0 Å². The average molecular weight is 410 g/mol. The molecule has 2 heterocycles. The molecule has 5 aromatic rings. The van der Waals surface area contributed by atoms with Crippen molar-refractivity contribution in [2.45, 2.75) is 33.1 Å². The highest BCUT2D eigenvalue weighted by atomic mass is 19.1. The average Bonchev–Trinajstić information content (AvgIpc) is 3.09. The summed E-state index contributed by atoms with van der Waals surface area (Å²) in [7, 11) is 0. The van der Waals surface area contributed by atoms with Gasteiger partial charge < -0.3 is 4.42 Å². The molecule has 154 valence electrons. The number of benzene rings is 3. The third-order valence-corrected chi connectivity index (χ3v) is 5.91. The normalized spacial score (nSPS) is 12.0. The molecule has 0 aliphatic heterocycles. The summed E-state index contributed by atoms with van der Waals surface area (Å²) in [6.07, 6.45) is 1.29. The zero-order valence-corrected chi connectivity index (χ0v) is 18.2. The third-order valence-electron chi connectivity index (χ3n) is 5.91. The van der Waals surface area contributed by atoms with Gasteiger partial charge in [-0.05, 0) is 52.9 Å². The van der Waals surface area contributed by atoms with Gasteiger partial charge >= 0.3 is 0 Å². The molecule has 0 spiro atoms. The summed E-state index contributed by atoms with van der Waals surface area (Å²) in [4.78, 5) is 4.43. The molecule has 0 atom stereocenters. The van der Waals surface area contributed by atoms with Crippen molar-refractivity contribution in [3.63, 3.8) is 0 Å². The number of hydrogen-bond donors (Lipinski definition) is 0. The third kappa shape index (κ3) is 3.31. The van der Waals surface area contributed by atoms with Gasteiger partial charge in [-0.2, -0.15) is 0 Å². The number of rotatable bonds is 2. The minimum Gasteiger partial charge on any atom is -0.456 e. The summed E-state index contributed by atoms with van der Waals surface area (Å²) in [6.45, 7) is 8.59. The lowest BCUT2D eigenvalue weighted by Gasteiger charge is -2.22. The van der Waals surface area contributed by atoms with Crippen LogP contribution in [0.15, 0.2) is 77.3 Å². The summed E-state index contributed by atoms with van der Waals surface area (Å²) in [5.74, 6) is 0.168. The largest absolute Gasteiger partial charge is 0.456 e. The maximum atomic E-state index is 14.9. The highest BCUT2D eigenvalue weighted by molar-refractivity contribution is 5.92. The summed E-state index contributed by atoms with van der Waals surface area (Å²) >= 11 is 0. The second-order valence-corrected chi connectivity index (χ2v) is 9.10. The van der Waals surface area contributed by atoms with E-state index in [-0.39, 0.29) is 11.2 Å². The predicted molar refractivity (Wildman–Crippen MR) is 126 cm³/mol. The molecule has 0 N–H and O–H groups in total. The van der Waals surface area contributed by atoms with Crippen molar-refractivity contribution in [1.82, 2.24) is 4.98 Å². The van der Waals surface area contributed by atoms with Crippen LogP contribution in [0.3, 0.4) is 0 Å². The van der Waals surface area contributed by atoms with E-state index < -0.39 is 0 Å². The number of pyridine rings is 1. The second-order valence-electron chi connectivity index (χ2n) is 9.10. The topological polar surface area (TPSA) is 26.0 Å². The first-order valence-electron chi connectivity index (χ1n) is 10.5. The van der Waals surface area contributed by atoms with Gasteiger partial charge in [-0.3, -0.25) is 4.98 Å². The van der Waals surface area contributed by atoms with Gasteiger partial charge in [0.05, 0.1) is 17.5 Å². The van der Waals surface area contributed by atoms with Crippen LogP contribution in [0.2, 0.25) is 0 Å². The van der Waals surface area contributed by atoms with Gasteiger partial charge in [-0.15, -0.1) is 0 Å². The van der Waals surface area contributed by atoms with Crippen molar-refractivity contribution in [3.8, 4) is 22.6 Å². The van der Waals surface area contributed by atoms with Gasteiger partial charge in [0, 0.05) is 16.5 Å². The van der Waals surface area contributed by atoms with Crippen LogP contribution >= 0.6 is 0 Å². The van der Waals surface area contributed by atoms with Gasteiger partial charge in [-0.25, -0.2) is 4.39 Å². The highest BCUT2D eigenvalue weighted by Crippen LogP contribution is 2.38. The molecule has 0 fully saturated rings. The molecule has 2 nitrogen and oxygen atoms in total. The van der Waals surface area contributed by atoms with E-state index in [1.54, 1.807) is 6.07 Å². The molecule has 0 aliphatic rings. The number of aryl methyl sites for hydroxylation is 1. The maximum Gasteiger partial charge on any atom is 0.152 e. The lowest BCUT2D eigenvalue weighted by Crippen LogP contribution is -2.12. The number of aromatic nitrogens is 1. The molecule has 2 aromatic heterocycles. The quantitative estimate of drug-likeness (QED) is 0.295. The van der Waals surface area contributed by atoms with Crippen LogP contribution in [0.5, 0.6) is 0 Å². The Morgan fingerprint density at radius 3 is 2.32 bits per heavy atom. The fraction of sp³-hybridized carbons (Fsp3) is 0.179. The van der Waals surface area contributed by atoms with E-state index in [1.807, 2.05) is 37.3 Å². The summed E-state index contributed by atoms with van der Waals surface area (Å²) < 4.78 is 20.9. The van der Waals surface area contributed by atoms with Crippen molar-refractivity contribution in [2.75, 3.05) is 0 Å². The lowest BCUT2D eigenvalue weighted by atomic mass is 9.82. The number of para-hydroxylation sites is 1. The van der Waals surface area contributed by atoms with Crippen molar-refractivity contribution in [1.29, 1.82) is 0 Å². The van der Waals surface area contributed by atoms with Crippen LogP contribution in [-0.4, -0.2) is 4.98 Å². The maximum absolute atomic E-state index is 14.9. The van der Waals surface area contributed by atoms with Gasteiger partial charge in [-0.1, -0.05) is 63.2 Å². The number of fused-ring (bicyclic) bond motifs is 2. The summed E-state index contributed by atoms with van der Waals surface area (Å²) in [5.41, 5.74) is 5.03. The van der Waals surface area contributed by atoms with Crippen molar-refractivity contribution >= 4 is 21.7 Å². The summed E-state index contributed by atoms with van der Waals surface area (Å²) in [6, 6.07) is 22.3. The molecule has 0 aliphatic carbocycles. The van der Waals surface area contributed by atoms with E-state index in [9.17, 15) is 4.39 Å². The number of nitrogens with zero attached hydrogens (tertiary/aromatic N) is 1. The molecular formula is C28H24FNO. The van der Waals surface area contributed by atoms with E-state index in [0.717, 1.165) is 33.2 Å². The Balaban J connectivity index is 1.72. The van der Waals surface area contributed by atoms with Crippen LogP contribution in [-0.2, 0) is 5.41 Å². The van der Waals surface area contributed by atoms with Crippen LogP contribution in [0, 0.1) is 12.7 Å². The zero-order chi connectivity index (χ0) is 21.8. The van der Waals surface area contributed by atoms with Gasteiger partial charge in [0.1, 0.15) is 11.3 Å². The first-order valence-corrected chi connectivity index (χ1v) is 10.5. The number of furan rings is 1. The summed E-state index contributed by atoms with van der Waals surface area (Å²) in [5, 5.41) is 3.38. The molecule has 0 saturated heterocycles. The van der Waals surface area contributed by atoms with Crippen LogP contribution in [0.4, 0.5) is 4.39 Å². The van der Waals surface area contributed by atoms with Crippen LogP contribution in [0.25, 0.3) is 44.3 Å². The van der Waals surface area contributed by atoms with E-state index >= 15 is 0 Å². The van der Waals surface area contributed by atoms with Crippen LogP contribution in [0.1, 0.15) is 31.9 Å². The fourth-order valence-corrected chi connectivity index (χ4v) is 4.28. The minimum absolute atomic E-state index is 0.0339. The Morgan fingerprint density at radius 2 is 1.58 bits per heavy atom. The fourth-order valence-electron chi connectivity index (χ4n) is 4.28. The monoisotopic (exact) mass is 409 g/mol. The van der Waals surface area contributed by atoms with Crippen LogP contribution < -0.4 is 0 Å².